The molecule has 180 valence electrons. The molecule has 0 radical (unpaired) electrons. The van der Waals surface area contributed by atoms with Crippen molar-refractivity contribution in [3.05, 3.63) is 41.5 Å². The van der Waals surface area contributed by atoms with Crippen LogP contribution in [0, 0.1) is 5.82 Å². The monoisotopic (exact) mass is 461 g/mol. The molecular weight excluding hydrogens is 429 g/mol. The van der Waals surface area contributed by atoms with E-state index in [1.807, 2.05) is 0 Å². The SMILES string of the molecule is C=N/C(=C\C(=N/CN1CCOC[C@@H]1C)N1CCOC[C@@H]1C)NC(=O)c1ccc(OC)c(F)c1. The van der Waals surface area contributed by atoms with Crippen molar-refractivity contribution in [1.29, 1.82) is 0 Å². The highest BCUT2D eigenvalue weighted by Crippen LogP contribution is 2.18. The lowest BCUT2D eigenvalue weighted by molar-refractivity contribution is 0.000764. The van der Waals surface area contributed by atoms with Crippen molar-refractivity contribution in [2.45, 2.75) is 25.9 Å². The molecule has 0 bridgehead atoms. The summed E-state index contributed by atoms with van der Waals surface area (Å²) >= 11 is 0. The maximum absolute atomic E-state index is 14.0. The van der Waals surface area contributed by atoms with E-state index < -0.39 is 11.7 Å². The number of carbonyl (C=O) groups is 1. The topological polar surface area (TPSA) is 88.0 Å². The Kier molecular flexibility index (Phi) is 8.93. The molecule has 2 aliphatic rings. The molecule has 0 spiro atoms. The normalized spacial score (nSPS) is 22.7. The van der Waals surface area contributed by atoms with Crippen LogP contribution in [0.1, 0.15) is 24.2 Å². The summed E-state index contributed by atoms with van der Waals surface area (Å²) in [6, 6.07) is 4.37. The molecule has 0 saturated carbocycles. The third kappa shape index (κ3) is 6.59. The van der Waals surface area contributed by atoms with Gasteiger partial charge in [0, 0.05) is 30.8 Å². The van der Waals surface area contributed by atoms with E-state index in [4.69, 9.17) is 19.2 Å². The number of hydrogen-bond acceptors (Lipinski definition) is 7. The predicted octanol–water partition coefficient (Wildman–Crippen LogP) is 1.90. The van der Waals surface area contributed by atoms with Crippen molar-refractivity contribution < 1.29 is 23.4 Å². The smallest absolute Gasteiger partial charge is 0.256 e. The molecule has 1 N–H and O–H groups in total. The Balaban J connectivity index is 1.81. The first-order chi connectivity index (χ1) is 15.9. The van der Waals surface area contributed by atoms with E-state index >= 15 is 0 Å². The molecule has 10 heteroatoms. The van der Waals surface area contributed by atoms with E-state index in [2.05, 4.69) is 40.7 Å². The second-order valence-electron chi connectivity index (χ2n) is 8.00. The summed E-state index contributed by atoms with van der Waals surface area (Å²) < 4.78 is 30.0. The second-order valence-corrected chi connectivity index (χ2v) is 8.00. The highest BCUT2D eigenvalue weighted by Gasteiger charge is 2.23. The van der Waals surface area contributed by atoms with Crippen LogP contribution in [0.15, 0.2) is 40.1 Å². The Hall–Kier alpha value is -2.82. The molecule has 2 aliphatic heterocycles. The fourth-order valence-corrected chi connectivity index (χ4v) is 3.66. The van der Waals surface area contributed by atoms with Crippen LogP contribution < -0.4 is 10.1 Å². The highest BCUT2D eigenvalue weighted by molar-refractivity contribution is 5.98. The van der Waals surface area contributed by atoms with Crippen molar-refractivity contribution in [3.8, 4) is 5.75 Å². The number of benzene rings is 1. The number of amidine groups is 1. The van der Waals surface area contributed by atoms with Crippen molar-refractivity contribution in [3.63, 3.8) is 0 Å². The van der Waals surface area contributed by atoms with Gasteiger partial charge in [-0.3, -0.25) is 14.7 Å². The minimum atomic E-state index is -0.619. The molecule has 1 aromatic carbocycles. The van der Waals surface area contributed by atoms with E-state index in [1.54, 1.807) is 6.08 Å². The van der Waals surface area contributed by atoms with Crippen LogP contribution in [0.3, 0.4) is 0 Å². The second kappa shape index (κ2) is 11.9. The molecule has 3 rings (SSSR count). The van der Waals surface area contributed by atoms with E-state index in [0.29, 0.717) is 45.5 Å². The summed E-state index contributed by atoms with van der Waals surface area (Å²) in [5, 5.41) is 2.69. The van der Waals surface area contributed by atoms with E-state index in [9.17, 15) is 9.18 Å². The zero-order chi connectivity index (χ0) is 23.8. The van der Waals surface area contributed by atoms with Crippen LogP contribution in [0.2, 0.25) is 0 Å². The zero-order valence-corrected chi connectivity index (χ0v) is 19.4. The molecule has 1 aromatic rings. The van der Waals surface area contributed by atoms with Gasteiger partial charge < -0.3 is 24.4 Å². The number of ether oxygens (including phenoxy) is 3. The minimum absolute atomic E-state index is 0.0669. The van der Waals surface area contributed by atoms with Crippen molar-refractivity contribution in [1.82, 2.24) is 15.1 Å². The first kappa shape index (κ1) is 24.8. The number of morpholine rings is 2. The van der Waals surface area contributed by atoms with Crippen molar-refractivity contribution in [2.75, 3.05) is 53.3 Å². The Labute approximate surface area is 193 Å². The van der Waals surface area contributed by atoms with E-state index in [0.717, 1.165) is 12.6 Å². The summed E-state index contributed by atoms with van der Waals surface area (Å²) in [4.78, 5) is 25.9. The van der Waals surface area contributed by atoms with Crippen molar-refractivity contribution >= 4 is 18.5 Å². The zero-order valence-electron chi connectivity index (χ0n) is 19.4. The fraction of sp³-hybridized carbons (Fsp3) is 0.522. The van der Waals surface area contributed by atoms with Gasteiger partial charge in [0.25, 0.3) is 5.91 Å². The van der Waals surface area contributed by atoms with Crippen LogP contribution in [-0.2, 0) is 9.47 Å². The number of amides is 1. The van der Waals surface area contributed by atoms with Gasteiger partial charge in [0.1, 0.15) is 11.7 Å². The number of nitrogens with one attached hydrogen (secondary N) is 1. The number of hydrogen-bond donors (Lipinski definition) is 1. The number of halogens is 1. The number of aliphatic imine (C=N–C) groups is 2. The van der Waals surface area contributed by atoms with Gasteiger partial charge in [-0.15, -0.1) is 0 Å². The molecule has 0 unspecified atom stereocenters. The molecule has 33 heavy (non-hydrogen) atoms. The summed E-state index contributed by atoms with van der Waals surface area (Å²) in [7, 11) is 1.37. The van der Waals surface area contributed by atoms with Crippen LogP contribution in [0.25, 0.3) is 0 Å². The molecule has 2 saturated heterocycles. The predicted molar refractivity (Wildman–Crippen MR) is 124 cm³/mol. The summed E-state index contributed by atoms with van der Waals surface area (Å²) in [5.74, 6) is -0.160. The highest BCUT2D eigenvalue weighted by atomic mass is 19.1. The number of methoxy groups -OCH3 is 1. The van der Waals surface area contributed by atoms with Crippen LogP contribution in [0.4, 0.5) is 4.39 Å². The lowest BCUT2D eigenvalue weighted by Gasteiger charge is -2.36. The Bertz CT molecular complexity index is 907. The first-order valence-electron chi connectivity index (χ1n) is 11.0. The van der Waals surface area contributed by atoms with Crippen LogP contribution in [0.5, 0.6) is 5.75 Å². The Morgan fingerprint density at radius 2 is 2.00 bits per heavy atom. The number of carbonyl (C=O) groups excluding carboxylic acids is 1. The molecule has 0 aromatic heterocycles. The molecule has 2 fully saturated rings. The average Bonchev–Trinajstić information content (AvgIpc) is 2.82. The number of nitrogens with zero attached hydrogens (tertiary/aromatic N) is 4. The third-order valence-corrected chi connectivity index (χ3v) is 5.67. The van der Waals surface area contributed by atoms with Gasteiger partial charge >= 0.3 is 0 Å². The lowest BCUT2D eigenvalue weighted by atomic mass is 10.2. The molecule has 1 amide bonds. The molecule has 2 heterocycles. The largest absolute Gasteiger partial charge is 0.494 e. The Morgan fingerprint density at radius 1 is 1.27 bits per heavy atom. The molecule has 0 aliphatic carbocycles. The molecular formula is C23H32FN5O4. The van der Waals surface area contributed by atoms with Gasteiger partial charge in [-0.1, -0.05) is 0 Å². The third-order valence-electron chi connectivity index (χ3n) is 5.67. The fourth-order valence-electron chi connectivity index (χ4n) is 3.66. The quantitative estimate of drug-likeness (QED) is 0.493. The minimum Gasteiger partial charge on any atom is -0.494 e. The van der Waals surface area contributed by atoms with Gasteiger partial charge in [-0.25, -0.2) is 9.38 Å². The molecule has 2 atom stereocenters. The van der Waals surface area contributed by atoms with Gasteiger partial charge in [-0.2, -0.15) is 0 Å². The average molecular weight is 462 g/mol. The number of rotatable bonds is 7. The summed E-state index contributed by atoms with van der Waals surface area (Å²) in [6.45, 7) is 12.2. The van der Waals surface area contributed by atoms with Gasteiger partial charge in [0.05, 0.1) is 46.2 Å². The van der Waals surface area contributed by atoms with Gasteiger partial charge in [0.15, 0.2) is 11.6 Å². The molecule has 9 nitrogen and oxygen atoms in total. The first-order valence-corrected chi connectivity index (χ1v) is 11.0. The van der Waals surface area contributed by atoms with Crippen LogP contribution >= 0.6 is 0 Å². The summed E-state index contributed by atoms with van der Waals surface area (Å²) in [5.41, 5.74) is 0.142. The van der Waals surface area contributed by atoms with E-state index in [-0.39, 0.29) is 29.2 Å². The maximum Gasteiger partial charge on any atom is 0.256 e. The van der Waals surface area contributed by atoms with Crippen molar-refractivity contribution in [2.24, 2.45) is 9.98 Å². The summed E-state index contributed by atoms with van der Waals surface area (Å²) in [6.07, 6.45) is 1.69. The van der Waals surface area contributed by atoms with Crippen LogP contribution in [-0.4, -0.2) is 93.6 Å². The Morgan fingerprint density at radius 3 is 2.64 bits per heavy atom. The lowest BCUT2D eigenvalue weighted by Crippen LogP contribution is -2.48. The van der Waals surface area contributed by atoms with Gasteiger partial charge in [0.2, 0.25) is 0 Å². The van der Waals surface area contributed by atoms with E-state index in [1.165, 1.54) is 19.2 Å². The maximum atomic E-state index is 14.0. The van der Waals surface area contributed by atoms with Gasteiger partial charge in [-0.05, 0) is 38.8 Å². The standard InChI is InChI=1S/C23H32FN5O4/c1-16-13-32-9-7-28(16)15-26-22(29-8-10-33-14-17(29)2)12-21(25-3)27-23(30)18-5-6-20(31-4)19(24)11-18/h5-6,11-12,16-17H,3,7-10,13-15H2,1-2,4H3,(H,27,30)/b21-12+,26-22+/t16-,17-/m0/s1.